The molecule has 0 bridgehead atoms. The standard InChI is InChI=1S/C13H21ClN2O2/c1-5-6-16-8-10(14)7-11(16)12(18)15(4)13(2,3)9-17/h7-8,17H,5-6,9H2,1-4H3. The van der Waals surface area contributed by atoms with Crippen LogP contribution in [-0.2, 0) is 6.54 Å². The third-order valence-corrected chi connectivity index (χ3v) is 3.35. The van der Waals surface area contributed by atoms with Gasteiger partial charge in [-0.1, -0.05) is 18.5 Å². The predicted molar refractivity (Wildman–Crippen MR) is 73.0 cm³/mol. The molecule has 0 aromatic carbocycles. The molecule has 0 saturated heterocycles. The molecular weight excluding hydrogens is 252 g/mol. The van der Waals surface area contributed by atoms with Crippen molar-refractivity contribution in [2.24, 2.45) is 0 Å². The number of carbonyl (C=O) groups is 1. The summed E-state index contributed by atoms with van der Waals surface area (Å²) in [6, 6.07) is 1.67. The molecule has 0 unspecified atom stereocenters. The molecule has 1 amide bonds. The van der Waals surface area contributed by atoms with Gasteiger partial charge in [0.25, 0.3) is 5.91 Å². The second kappa shape index (κ2) is 5.76. The van der Waals surface area contributed by atoms with E-state index in [1.165, 1.54) is 0 Å². The molecule has 0 atom stereocenters. The van der Waals surface area contributed by atoms with E-state index in [9.17, 15) is 9.90 Å². The number of nitrogens with zero attached hydrogens (tertiary/aromatic N) is 2. The summed E-state index contributed by atoms with van der Waals surface area (Å²) < 4.78 is 1.86. The zero-order valence-electron chi connectivity index (χ0n) is 11.4. The summed E-state index contributed by atoms with van der Waals surface area (Å²) in [5, 5.41) is 9.87. The fourth-order valence-electron chi connectivity index (χ4n) is 1.63. The van der Waals surface area contributed by atoms with Crippen molar-refractivity contribution in [2.75, 3.05) is 13.7 Å². The molecule has 1 rings (SSSR count). The number of carbonyl (C=O) groups excluding carboxylic acids is 1. The number of likely N-dealkylation sites (N-methyl/N-ethyl adjacent to an activating group) is 1. The molecule has 0 aliphatic rings. The summed E-state index contributed by atoms with van der Waals surface area (Å²) in [5.74, 6) is -0.130. The first-order chi connectivity index (χ1) is 8.33. The highest BCUT2D eigenvalue weighted by atomic mass is 35.5. The van der Waals surface area contributed by atoms with Crippen molar-refractivity contribution >= 4 is 17.5 Å². The first-order valence-electron chi connectivity index (χ1n) is 6.08. The van der Waals surface area contributed by atoms with Crippen molar-refractivity contribution in [1.82, 2.24) is 9.47 Å². The highest BCUT2D eigenvalue weighted by molar-refractivity contribution is 6.31. The maximum atomic E-state index is 12.4. The van der Waals surface area contributed by atoms with Gasteiger partial charge in [-0.05, 0) is 26.3 Å². The van der Waals surface area contributed by atoms with Crippen molar-refractivity contribution in [3.8, 4) is 0 Å². The van der Waals surface area contributed by atoms with Gasteiger partial charge >= 0.3 is 0 Å². The quantitative estimate of drug-likeness (QED) is 0.895. The van der Waals surface area contributed by atoms with E-state index >= 15 is 0 Å². The topological polar surface area (TPSA) is 45.5 Å². The smallest absolute Gasteiger partial charge is 0.270 e. The summed E-state index contributed by atoms with van der Waals surface area (Å²) in [6.45, 7) is 6.35. The number of aromatic nitrogens is 1. The Morgan fingerprint density at radius 1 is 1.56 bits per heavy atom. The molecule has 0 aliphatic carbocycles. The highest BCUT2D eigenvalue weighted by Gasteiger charge is 2.29. The second-order valence-electron chi connectivity index (χ2n) is 5.07. The molecule has 1 N–H and O–H groups in total. The molecule has 0 aliphatic heterocycles. The lowest BCUT2D eigenvalue weighted by molar-refractivity contribution is 0.0463. The number of rotatable bonds is 5. The van der Waals surface area contributed by atoms with Crippen LogP contribution in [0.5, 0.6) is 0 Å². The third kappa shape index (κ3) is 3.06. The van der Waals surface area contributed by atoms with Crippen LogP contribution < -0.4 is 0 Å². The fourth-order valence-corrected chi connectivity index (χ4v) is 1.85. The zero-order chi connectivity index (χ0) is 13.9. The molecule has 18 heavy (non-hydrogen) atoms. The normalized spacial score (nSPS) is 11.7. The maximum absolute atomic E-state index is 12.4. The molecule has 102 valence electrons. The van der Waals surface area contributed by atoms with Crippen LogP contribution in [0.2, 0.25) is 5.02 Å². The van der Waals surface area contributed by atoms with Crippen molar-refractivity contribution in [3.63, 3.8) is 0 Å². The lowest BCUT2D eigenvalue weighted by atomic mass is 10.0. The van der Waals surface area contributed by atoms with E-state index in [4.69, 9.17) is 11.6 Å². The number of aliphatic hydroxyl groups excluding tert-OH is 1. The number of aryl methyl sites for hydroxylation is 1. The minimum absolute atomic E-state index is 0.0859. The molecule has 5 heteroatoms. The van der Waals surface area contributed by atoms with E-state index < -0.39 is 5.54 Å². The highest BCUT2D eigenvalue weighted by Crippen LogP contribution is 2.20. The Bertz CT molecular complexity index is 427. The zero-order valence-corrected chi connectivity index (χ0v) is 12.2. The fraction of sp³-hybridized carbons (Fsp3) is 0.615. The Morgan fingerprint density at radius 2 is 2.17 bits per heavy atom. The summed E-state index contributed by atoms with van der Waals surface area (Å²) in [7, 11) is 1.69. The van der Waals surface area contributed by atoms with Gasteiger partial charge in [0, 0.05) is 19.8 Å². The number of hydrogen-bond donors (Lipinski definition) is 1. The molecule has 1 aromatic heterocycles. The molecular formula is C13H21ClN2O2. The lowest BCUT2D eigenvalue weighted by Crippen LogP contribution is -2.48. The van der Waals surface area contributed by atoms with Crippen LogP contribution in [0.15, 0.2) is 12.3 Å². The van der Waals surface area contributed by atoms with Gasteiger partial charge in [0.15, 0.2) is 0 Å². The lowest BCUT2D eigenvalue weighted by Gasteiger charge is -2.34. The summed E-state index contributed by atoms with van der Waals surface area (Å²) in [5.41, 5.74) is -0.0314. The van der Waals surface area contributed by atoms with Crippen LogP contribution in [0.25, 0.3) is 0 Å². The van der Waals surface area contributed by atoms with E-state index in [-0.39, 0.29) is 12.5 Å². The van der Waals surface area contributed by atoms with Gasteiger partial charge in [0.2, 0.25) is 0 Å². The summed E-state index contributed by atoms with van der Waals surface area (Å²) in [4.78, 5) is 13.9. The molecule has 4 nitrogen and oxygen atoms in total. The number of halogens is 1. The van der Waals surface area contributed by atoms with E-state index in [2.05, 4.69) is 0 Å². The first-order valence-corrected chi connectivity index (χ1v) is 6.46. The Kier molecular flexibility index (Phi) is 4.82. The van der Waals surface area contributed by atoms with Crippen LogP contribution in [0.1, 0.15) is 37.7 Å². The van der Waals surface area contributed by atoms with Gasteiger partial charge in [-0.3, -0.25) is 4.79 Å². The molecule has 0 radical (unpaired) electrons. The van der Waals surface area contributed by atoms with E-state index in [0.717, 1.165) is 13.0 Å². The van der Waals surface area contributed by atoms with Crippen LogP contribution in [0.4, 0.5) is 0 Å². The summed E-state index contributed by atoms with van der Waals surface area (Å²) >= 11 is 5.96. The third-order valence-electron chi connectivity index (χ3n) is 3.15. The maximum Gasteiger partial charge on any atom is 0.270 e. The van der Waals surface area contributed by atoms with Crippen LogP contribution >= 0.6 is 11.6 Å². The number of amides is 1. The van der Waals surface area contributed by atoms with Crippen LogP contribution in [-0.4, -0.2) is 39.7 Å². The van der Waals surface area contributed by atoms with Gasteiger partial charge < -0.3 is 14.6 Å². The SMILES string of the molecule is CCCn1cc(Cl)cc1C(=O)N(C)C(C)(C)CO. The average Bonchev–Trinajstić information content (AvgIpc) is 2.69. The number of hydrogen-bond acceptors (Lipinski definition) is 2. The van der Waals surface area contributed by atoms with E-state index in [1.54, 1.807) is 24.2 Å². The van der Waals surface area contributed by atoms with E-state index in [1.807, 2.05) is 25.3 Å². The Morgan fingerprint density at radius 3 is 2.67 bits per heavy atom. The second-order valence-corrected chi connectivity index (χ2v) is 5.51. The van der Waals surface area contributed by atoms with Gasteiger partial charge in [-0.25, -0.2) is 0 Å². The molecule has 0 fully saturated rings. The Hall–Kier alpha value is -1.00. The van der Waals surface area contributed by atoms with E-state index in [0.29, 0.717) is 10.7 Å². The molecule has 1 aromatic rings. The largest absolute Gasteiger partial charge is 0.394 e. The molecule has 0 spiro atoms. The van der Waals surface area contributed by atoms with Gasteiger partial charge in [-0.2, -0.15) is 0 Å². The molecule has 0 saturated carbocycles. The first kappa shape index (κ1) is 15.1. The minimum atomic E-state index is -0.592. The predicted octanol–water partition coefficient (Wildman–Crippen LogP) is 2.39. The molecule has 1 heterocycles. The van der Waals surface area contributed by atoms with Crippen molar-refractivity contribution in [1.29, 1.82) is 0 Å². The van der Waals surface area contributed by atoms with Gasteiger partial charge in [0.1, 0.15) is 5.69 Å². The Labute approximate surface area is 113 Å². The average molecular weight is 273 g/mol. The van der Waals surface area contributed by atoms with Crippen molar-refractivity contribution in [3.05, 3.63) is 23.0 Å². The van der Waals surface area contributed by atoms with Crippen LogP contribution in [0.3, 0.4) is 0 Å². The van der Waals surface area contributed by atoms with Gasteiger partial charge in [-0.15, -0.1) is 0 Å². The monoisotopic (exact) mass is 272 g/mol. The van der Waals surface area contributed by atoms with Gasteiger partial charge in [0.05, 0.1) is 17.2 Å². The minimum Gasteiger partial charge on any atom is -0.394 e. The van der Waals surface area contributed by atoms with Crippen LogP contribution in [0, 0.1) is 0 Å². The number of aliphatic hydroxyl groups is 1. The summed E-state index contributed by atoms with van der Waals surface area (Å²) in [6.07, 6.45) is 2.69. The Balaban J connectivity index is 3.03. The van der Waals surface area contributed by atoms with Crippen molar-refractivity contribution < 1.29 is 9.90 Å². The van der Waals surface area contributed by atoms with Crippen molar-refractivity contribution in [2.45, 2.75) is 39.3 Å².